The highest BCUT2D eigenvalue weighted by molar-refractivity contribution is 5.95. The number of amides is 2. The van der Waals surface area contributed by atoms with Crippen molar-refractivity contribution in [2.24, 2.45) is 5.73 Å². The summed E-state index contributed by atoms with van der Waals surface area (Å²) >= 11 is 0. The fourth-order valence-electron chi connectivity index (χ4n) is 3.73. The van der Waals surface area contributed by atoms with Gasteiger partial charge in [-0.1, -0.05) is 78.9 Å². The van der Waals surface area contributed by atoms with Crippen molar-refractivity contribution in [2.45, 2.75) is 26.4 Å². The highest BCUT2D eigenvalue weighted by atomic mass is 16.5. The lowest BCUT2D eigenvalue weighted by Gasteiger charge is -2.11. The van der Waals surface area contributed by atoms with E-state index in [1.165, 1.54) is 0 Å². The first-order chi connectivity index (χ1) is 17.6. The van der Waals surface area contributed by atoms with Crippen molar-refractivity contribution in [3.05, 3.63) is 137 Å². The number of para-hydroxylation sites is 1. The summed E-state index contributed by atoms with van der Waals surface area (Å²) < 4.78 is 11.6. The van der Waals surface area contributed by atoms with E-state index in [0.717, 1.165) is 22.3 Å². The number of carbonyl (C=O) groups is 2. The third kappa shape index (κ3) is 7.04. The van der Waals surface area contributed by atoms with Gasteiger partial charge in [0.15, 0.2) is 0 Å². The molecular weight excluding hydrogens is 452 g/mol. The molecule has 0 radical (unpaired) electrons. The third-order valence-electron chi connectivity index (χ3n) is 5.56. The van der Waals surface area contributed by atoms with Crippen LogP contribution in [0.15, 0.2) is 103 Å². The molecule has 0 aliphatic heterocycles. The first-order valence-corrected chi connectivity index (χ1v) is 11.7. The van der Waals surface area contributed by atoms with Crippen molar-refractivity contribution in [1.29, 1.82) is 0 Å². The van der Waals surface area contributed by atoms with Gasteiger partial charge in [-0.25, -0.2) is 0 Å². The first-order valence-electron chi connectivity index (χ1n) is 11.7. The molecule has 0 saturated carbocycles. The molecule has 182 valence electrons. The second-order valence-electron chi connectivity index (χ2n) is 8.33. The van der Waals surface area contributed by atoms with E-state index in [2.05, 4.69) is 5.32 Å². The number of nitrogens with two attached hydrogens (primary N) is 1. The lowest BCUT2D eigenvalue weighted by atomic mass is 10.1. The second-order valence-corrected chi connectivity index (χ2v) is 8.33. The summed E-state index contributed by atoms with van der Waals surface area (Å²) in [6, 6.07) is 32.0. The van der Waals surface area contributed by atoms with Crippen LogP contribution in [0.3, 0.4) is 0 Å². The van der Waals surface area contributed by atoms with Gasteiger partial charge in [0, 0.05) is 12.1 Å². The van der Waals surface area contributed by atoms with Crippen LogP contribution in [-0.2, 0) is 31.1 Å². The summed E-state index contributed by atoms with van der Waals surface area (Å²) in [7, 11) is 0. The van der Waals surface area contributed by atoms with Gasteiger partial charge in [0.1, 0.15) is 12.4 Å². The summed E-state index contributed by atoms with van der Waals surface area (Å²) in [6.07, 6.45) is 0. The molecule has 0 fully saturated rings. The molecule has 0 saturated heterocycles. The highest BCUT2D eigenvalue weighted by Crippen LogP contribution is 2.19. The van der Waals surface area contributed by atoms with Crippen LogP contribution < -0.4 is 15.8 Å². The standard InChI is InChI=1S/C30H28N2O4/c31-29(33)27-14-4-5-15-28(27)36-21-25-12-7-13-26(17-25)30(34)32-18-23-10-6-11-24(16-23)20-35-19-22-8-2-1-3-9-22/h1-17H,18-21H2,(H2,31,33)(H,32,34). The van der Waals surface area contributed by atoms with Crippen LogP contribution in [0, 0.1) is 0 Å². The average Bonchev–Trinajstić information content (AvgIpc) is 2.91. The number of ether oxygens (including phenoxy) is 2. The number of nitrogens with one attached hydrogen (secondary N) is 1. The zero-order chi connectivity index (χ0) is 25.2. The Morgan fingerprint density at radius 2 is 1.31 bits per heavy atom. The largest absolute Gasteiger partial charge is 0.488 e. The predicted octanol–water partition coefficient (Wildman–Crippen LogP) is 5.01. The van der Waals surface area contributed by atoms with E-state index in [1.54, 1.807) is 42.5 Å². The van der Waals surface area contributed by atoms with Crippen molar-refractivity contribution in [3.8, 4) is 5.75 Å². The molecule has 0 bridgehead atoms. The zero-order valence-electron chi connectivity index (χ0n) is 19.9. The molecule has 6 nitrogen and oxygen atoms in total. The fraction of sp³-hybridized carbons (Fsp3) is 0.133. The number of carbonyl (C=O) groups excluding carboxylic acids is 2. The maximum atomic E-state index is 12.8. The van der Waals surface area contributed by atoms with Gasteiger partial charge in [-0.05, 0) is 46.5 Å². The lowest BCUT2D eigenvalue weighted by Crippen LogP contribution is -2.23. The van der Waals surface area contributed by atoms with Crippen molar-refractivity contribution in [1.82, 2.24) is 5.32 Å². The molecule has 0 spiro atoms. The van der Waals surface area contributed by atoms with Gasteiger partial charge >= 0.3 is 0 Å². The minimum Gasteiger partial charge on any atom is -0.488 e. The normalized spacial score (nSPS) is 10.6. The third-order valence-corrected chi connectivity index (χ3v) is 5.56. The molecule has 6 heteroatoms. The number of hydrogen-bond donors (Lipinski definition) is 2. The molecule has 0 unspecified atom stereocenters. The monoisotopic (exact) mass is 480 g/mol. The number of primary amides is 1. The van der Waals surface area contributed by atoms with Crippen LogP contribution in [0.4, 0.5) is 0 Å². The van der Waals surface area contributed by atoms with Gasteiger partial charge in [0.25, 0.3) is 11.8 Å². The van der Waals surface area contributed by atoms with Crippen LogP contribution in [0.25, 0.3) is 0 Å². The van der Waals surface area contributed by atoms with Gasteiger partial charge in [-0.15, -0.1) is 0 Å². The quantitative estimate of drug-likeness (QED) is 0.316. The van der Waals surface area contributed by atoms with Crippen LogP contribution in [0.5, 0.6) is 5.75 Å². The van der Waals surface area contributed by atoms with Gasteiger partial charge in [0.05, 0.1) is 18.8 Å². The molecular formula is C30H28N2O4. The first kappa shape index (κ1) is 24.7. The molecule has 2 amide bonds. The maximum absolute atomic E-state index is 12.8. The molecule has 0 heterocycles. The minimum absolute atomic E-state index is 0.180. The molecule has 4 aromatic carbocycles. The summed E-state index contributed by atoms with van der Waals surface area (Å²) in [5.41, 5.74) is 10.2. The minimum atomic E-state index is -0.550. The Morgan fingerprint density at radius 3 is 2.11 bits per heavy atom. The van der Waals surface area contributed by atoms with Crippen LogP contribution in [0.2, 0.25) is 0 Å². The van der Waals surface area contributed by atoms with Crippen LogP contribution in [0.1, 0.15) is 43.0 Å². The molecule has 4 aromatic rings. The van der Waals surface area contributed by atoms with E-state index in [9.17, 15) is 9.59 Å². The molecule has 0 aromatic heterocycles. The Labute approximate surface area is 210 Å². The van der Waals surface area contributed by atoms with Crippen molar-refractivity contribution in [3.63, 3.8) is 0 Å². The van der Waals surface area contributed by atoms with Crippen molar-refractivity contribution < 1.29 is 19.1 Å². The van der Waals surface area contributed by atoms with Crippen LogP contribution >= 0.6 is 0 Å². The lowest BCUT2D eigenvalue weighted by molar-refractivity contribution is 0.0949. The summed E-state index contributed by atoms with van der Waals surface area (Å²) in [5, 5.41) is 2.97. The van der Waals surface area contributed by atoms with Crippen LogP contribution in [-0.4, -0.2) is 11.8 Å². The molecule has 0 aliphatic carbocycles. The van der Waals surface area contributed by atoms with E-state index in [1.807, 2.05) is 60.7 Å². The van der Waals surface area contributed by atoms with E-state index in [-0.39, 0.29) is 12.5 Å². The Kier molecular flexibility index (Phi) is 8.46. The Bertz CT molecular complexity index is 1320. The van der Waals surface area contributed by atoms with E-state index in [0.29, 0.717) is 36.6 Å². The van der Waals surface area contributed by atoms with Gasteiger partial charge < -0.3 is 20.5 Å². The second kappa shape index (κ2) is 12.3. The SMILES string of the molecule is NC(=O)c1ccccc1OCc1cccc(C(=O)NCc2cccc(COCc3ccccc3)c2)c1. The summed E-state index contributed by atoms with van der Waals surface area (Å²) in [5.74, 6) is -0.321. The Hall–Kier alpha value is -4.42. The Morgan fingerprint density at radius 1 is 0.667 bits per heavy atom. The Balaban J connectivity index is 1.30. The van der Waals surface area contributed by atoms with Crippen molar-refractivity contribution in [2.75, 3.05) is 0 Å². The predicted molar refractivity (Wildman–Crippen MR) is 138 cm³/mol. The smallest absolute Gasteiger partial charge is 0.252 e. The molecule has 3 N–H and O–H groups in total. The summed E-state index contributed by atoms with van der Waals surface area (Å²) in [6.45, 7) is 1.65. The molecule has 36 heavy (non-hydrogen) atoms. The van der Waals surface area contributed by atoms with E-state index >= 15 is 0 Å². The van der Waals surface area contributed by atoms with E-state index < -0.39 is 5.91 Å². The van der Waals surface area contributed by atoms with Gasteiger partial charge in [-0.3, -0.25) is 9.59 Å². The number of benzene rings is 4. The summed E-state index contributed by atoms with van der Waals surface area (Å²) in [4.78, 5) is 24.3. The van der Waals surface area contributed by atoms with Gasteiger partial charge in [-0.2, -0.15) is 0 Å². The number of hydrogen-bond acceptors (Lipinski definition) is 4. The molecule has 4 rings (SSSR count). The maximum Gasteiger partial charge on any atom is 0.252 e. The average molecular weight is 481 g/mol. The molecule has 0 atom stereocenters. The number of rotatable bonds is 11. The zero-order valence-corrected chi connectivity index (χ0v) is 19.9. The fourth-order valence-corrected chi connectivity index (χ4v) is 3.73. The molecule has 0 aliphatic rings. The topological polar surface area (TPSA) is 90.7 Å². The van der Waals surface area contributed by atoms with E-state index in [4.69, 9.17) is 15.2 Å². The van der Waals surface area contributed by atoms with Crippen molar-refractivity contribution >= 4 is 11.8 Å². The van der Waals surface area contributed by atoms with Gasteiger partial charge in [0.2, 0.25) is 0 Å². The highest BCUT2D eigenvalue weighted by Gasteiger charge is 2.10.